The van der Waals surface area contributed by atoms with Gasteiger partial charge in [0.25, 0.3) is 5.91 Å². The van der Waals surface area contributed by atoms with Gasteiger partial charge < -0.3 is 0 Å². The molecule has 0 spiro atoms. The first-order chi connectivity index (χ1) is 10.8. The summed E-state index contributed by atoms with van der Waals surface area (Å²) in [5, 5.41) is 5.29. The molecule has 0 saturated heterocycles. The summed E-state index contributed by atoms with van der Waals surface area (Å²) in [4.78, 5) is 17.4. The highest BCUT2D eigenvalue weighted by Gasteiger charge is 2.12. The quantitative estimate of drug-likeness (QED) is 0.692. The number of thioether (sulfide) groups is 1. The van der Waals surface area contributed by atoms with E-state index in [-0.39, 0.29) is 5.91 Å². The van der Waals surface area contributed by atoms with Gasteiger partial charge in [-0.1, -0.05) is 42.5 Å². The molecule has 3 nitrogen and oxygen atoms in total. The van der Waals surface area contributed by atoms with Crippen LogP contribution < -0.4 is 5.32 Å². The fraction of sp³-hybridized carbons (Fsp3) is 0.0588. The van der Waals surface area contributed by atoms with Gasteiger partial charge in [0, 0.05) is 22.2 Å². The molecule has 0 bridgehead atoms. The summed E-state index contributed by atoms with van der Waals surface area (Å²) in [5.74, 6) is 0.716. The fourth-order valence-corrected chi connectivity index (χ4v) is 3.49. The molecule has 0 fully saturated rings. The lowest BCUT2D eigenvalue weighted by molar-refractivity contribution is 0.102. The Hall–Kier alpha value is -2.11. The number of hydrogen-bond donors (Lipinski definition) is 1. The van der Waals surface area contributed by atoms with E-state index < -0.39 is 0 Å². The minimum Gasteiger partial charge on any atom is -0.298 e. The van der Waals surface area contributed by atoms with Crippen molar-refractivity contribution in [3.63, 3.8) is 0 Å². The monoisotopic (exact) mass is 326 g/mol. The second-order valence-corrected chi connectivity index (χ2v) is 6.47. The largest absolute Gasteiger partial charge is 0.298 e. The lowest BCUT2D eigenvalue weighted by Crippen LogP contribution is -2.12. The summed E-state index contributed by atoms with van der Waals surface area (Å²) in [6, 6.07) is 17.9. The molecule has 1 heterocycles. The lowest BCUT2D eigenvalue weighted by Gasteiger charge is -2.08. The van der Waals surface area contributed by atoms with Crippen LogP contribution in [-0.4, -0.2) is 10.9 Å². The van der Waals surface area contributed by atoms with Gasteiger partial charge in [-0.15, -0.1) is 23.1 Å². The fourth-order valence-electron chi connectivity index (χ4n) is 1.97. The van der Waals surface area contributed by atoms with Crippen LogP contribution in [0.3, 0.4) is 0 Å². The molecule has 1 N–H and O–H groups in total. The van der Waals surface area contributed by atoms with Crippen LogP contribution in [0, 0.1) is 0 Å². The Morgan fingerprint density at radius 1 is 1.09 bits per heavy atom. The summed E-state index contributed by atoms with van der Waals surface area (Å²) < 4.78 is 0. The maximum Gasteiger partial charge on any atom is 0.258 e. The molecule has 0 atom stereocenters. The Morgan fingerprint density at radius 3 is 2.64 bits per heavy atom. The van der Waals surface area contributed by atoms with Crippen LogP contribution in [0.4, 0.5) is 5.13 Å². The van der Waals surface area contributed by atoms with Gasteiger partial charge in [0.15, 0.2) is 5.13 Å². The van der Waals surface area contributed by atoms with Crippen LogP contribution in [0.1, 0.15) is 15.9 Å². The number of carbonyl (C=O) groups is 1. The lowest BCUT2D eigenvalue weighted by atomic mass is 10.2. The van der Waals surface area contributed by atoms with Gasteiger partial charge in [0.05, 0.1) is 5.56 Å². The first-order valence-electron chi connectivity index (χ1n) is 6.79. The second-order valence-electron chi connectivity index (χ2n) is 4.56. The molecule has 3 rings (SSSR count). The third kappa shape index (κ3) is 3.75. The Morgan fingerprint density at radius 2 is 1.86 bits per heavy atom. The number of aromatic nitrogens is 1. The Kier molecular flexibility index (Phi) is 4.88. The summed E-state index contributed by atoms with van der Waals surface area (Å²) in [6.07, 6.45) is 1.68. The second kappa shape index (κ2) is 7.24. The van der Waals surface area contributed by atoms with Crippen LogP contribution in [-0.2, 0) is 5.75 Å². The Balaban J connectivity index is 1.73. The number of benzene rings is 2. The van der Waals surface area contributed by atoms with E-state index in [1.54, 1.807) is 18.0 Å². The van der Waals surface area contributed by atoms with E-state index in [1.807, 2.05) is 47.8 Å². The van der Waals surface area contributed by atoms with Crippen molar-refractivity contribution >= 4 is 34.1 Å². The van der Waals surface area contributed by atoms with Crippen molar-refractivity contribution in [2.45, 2.75) is 10.6 Å². The van der Waals surface area contributed by atoms with E-state index in [2.05, 4.69) is 22.4 Å². The highest BCUT2D eigenvalue weighted by atomic mass is 32.2. The van der Waals surface area contributed by atoms with Gasteiger partial charge >= 0.3 is 0 Å². The van der Waals surface area contributed by atoms with Gasteiger partial charge in [0.2, 0.25) is 0 Å². The summed E-state index contributed by atoms with van der Waals surface area (Å²) in [6.45, 7) is 0. The molecule has 22 heavy (non-hydrogen) atoms. The summed E-state index contributed by atoms with van der Waals surface area (Å²) in [7, 11) is 0. The van der Waals surface area contributed by atoms with E-state index in [4.69, 9.17) is 0 Å². The molecule has 0 radical (unpaired) electrons. The molecule has 2 aromatic carbocycles. The average Bonchev–Trinajstić information content (AvgIpc) is 3.07. The van der Waals surface area contributed by atoms with Crippen LogP contribution in [0.15, 0.2) is 71.1 Å². The smallest absolute Gasteiger partial charge is 0.258 e. The van der Waals surface area contributed by atoms with Crippen LogP contribution in [0.5, 0.6) is 0 Å². The van der Waals surface area contributed by atoms with Gasteiger partial charge in [-0.25, -0.2) is 4.98 Å². The topological polar surface area (TPSA) is 42.0 Å². The molecule has 1 amide bonds. The third-order valence-corrected chi connectivity index (χ3v) is 4.85. The molecule has 0 unspecified atom stereocenters. The normalized spacial score (nSPS) is 10.4. The maximum absolute atomic E-state index is 12.4. The number of rotatable bonds is 5. The molecule has 0 aliphatic carbocycles. The SMILES string of the molecule is O=C(Nc1nccs1)c1ccccc1SCc1ccccc1. The zero-order valence-electron chi connectivity index (χ0n) is 11.7. The number of amides is 1. The number of anilines is 1. The van der Waals surface area contributed by atoms with Crippen molar-refractivity contribution in [3.05, 3.63) is 77.3 Å². The van der Waals surface area contributed by atoms with Crippen molar-refractivity contribution in [2.24, 2.45) is 0 Å². The number of nitrogens with one attached hydrogen (secondary N) is 1. The number of nitrogens with zero attached hydrogens (tertiary/aromatic N) is 1. The number of thiazole rings is 1. The third-order valence-electron chi connectivity index (χ3n) is 3.02. The van der Waals surface area contributed by atoms with E-state index in [0.717, 1.165) is 10.6 Å². The minimum atomic E-state index is -0.119. The predicted molar refractivity (Wildman–Crippen MR) is 92.5 cm³/mol. The maximum atomic E-state index is 12.4. The summed E-state index contributed by atoms with van der Waals surface area (Å²) in [5.41, 5.74) is 1.92. The van der Waals surface area contributed by atoms with Crippen molar-refractivity contribution in [3.8, 4) is 0 Å². The predicted octanol–water partition coefficient (Wildman–Crippen LogP) is 4.69. The molecular formula is C17H14N2OS2. The molecule has 110 valence electrons. The summed E-state index contributed by atoms with van der Waals surface area (Å²) >= 11 is 3.08. The van der Waals surface area contributed by atoms with Gasteiger partial charge in [-0.3, -0.25) is 10.1 Å². The number of carbonyl (C=O) groups excluding carboxylic acids is 1. The van der Waals surface area contributed by atoms with Crippen molar-refractivity contribution in [1.29, 1.82) is 0 Å². The molecule has 3 aromatic rings. The van der Waals surface area contributed by atoms with Crippen LogP contribution in [0.25, 0.3) is 0 Å². The van der Waals surface area contributed by atoms with Gasteiger partial charge in [-0.05, 0) is 17.7 Å². The van der Waals surface area contributed by atoms with Crippen molar-refractivity contribution < 1.29 is 4.79 Å². The molecular weight excluding hydrogens is 312 g/mol. The zero-order valence-corrected chi connectivity index (χ0v) is 13.4. The van der Waals surface area contributed by atoms with E-state index >= 15 is 0 Å². The Bertz CT molecular complexity index is 742. The Labute approximate surface area is 137 Å². The average molecular weight is 326 g/mol. The molecule has 0 aliphatic rings. The van der Waals surface area contributed by atoms with Crippen molar-refractivity contribution in [1.82, 2.24) is 4.98 Å². The van der Waals surface area contributed by atoms with Gasteiger partial charge in [0.1, 0.15) is 0 Å². The van der Waals surface area contributed by atoms with E-state index in [0.29, 0.717) is 10.7 Å². The van der Waals surface area contributed by atoms with Crippen LogP contribution >= 0.6 is 23.1 Å². The van der Waals surface area contributed by atoms with E-state index in [1.165, 1.54) is 16.9 Å². The van der Waals surface area contributed by atoms with Crippen LogP contribution in [0.2, 0.25) is 0 Å². The standard InChI is InChI=1S/C17H14N2OS2/c20-16(19-17-18-10-11-21-17)14-8-4-5-9-15(14)22-12-13-6-2-1-3-7-13/h1-11H,12H2,(H,18,19,20). The zero-order chi connectivity index (χ0) is 15.2. The molecule has 0 aliphatic heterocycles. The molecule has 1 aromatic heterocycles. The highest BCUT2D eigenvalue weighted by molar-refractivity contribution is 7.98. The molecule has 0 saturated carbocycles. The van der Waals surface area contributed by atoms with Gasteiger partial charge in [-0.2, -0.15) is 0 Å². The first-order valence-corrected chi connectivity index (χ1v) is 8.66. The molecule has 5 heteroatoms. The van der Waals surface area contributed by atoms with Crippen molar-refractivity contribution in [2.75, 3.05) is 5.32 Å². The minimum absolute atomic E-state index is 0.119. The van der Waals surface area contributed by atoms with E-state index in [9.17, 15) is 4.79 Å². The number of hydrogen-bond acceptors (Lipinski definition) is 4. The highest BCUT2D eigenvalue weighted by Crippen LogP contribution is 2.27. The first kappa shape index (κ1) is 14.8.